The molecule has 54 heavy (non-hydrogen) atoms. The second-order valence-electron chi connectivity index (χ2n) is 16.6. The summed E-state index contributed by atoms with van der Waals surface area (Å²) in [5.74, 6) is 3.30. The summed E-state index contributed by atoms with van der Waals surface area (Å²) in [5.41, 5.74) is 15.9. The largest absolute Gasteiger partial charge is 0.310 e. The summed E-state index contributed by atoms with van der Waals surface area (Å²) in [4.78, 5) is 2.51. The smallest absolute Gasteiger partial charge is 0.0541 e. The second-order valence-corrected chi connectivity index (χ2v) is 16.6. The number of hydrogen-bond acceptors (Lipinski definition) is 1. The van der Waals surface area contributed by atoms with Crippen LogP contribution in [-0.2, 0) is 5.41 Å². The highest BCUT2D eigenvalue weighted by molar-refractivity contribution is 6.09. The Morgan fingerprint density at radius 3 is 1.72 bits per heavy atom. The van der Waals surface area contributed by atoms with Crippen LogP contribution in [0, 0.1) is 23.7 Å². The molecule has 4 fully saturated rings. The summed E-state index contributed by atoms with van der Waals surface area (Å²) >= 11 is 0. The molecule has 0 atom stereocenters. The van der Waals surface area contributed by atoms with Crippen molar-refractivity contribution >= 4 is 38.9 Å². The summed E-state index contributed by atoms with van der Waals surface area (Å²) in [6.45, 7) is 0. The van der Waals surface area contributed by atoms with Crippen molar-refractivity contribution in [1.82, 2.24) is 4.57 Å². The van der Waals surface area contributed by atoms with Gasteiger partial charge in [-0.05, 0) is 150 Å². The quantitative estimate of drug-likeness (QED) is 0.174. The maximum Gasteiger partial charge on any atom is 0.0541 e. The number of fused-ring (bicyclic) bond motifs is 6. The molecule has 5 aliphatic rings. The molecule has 4 bridgehead atoms. The van der Waals surface area contributed by atoms with Gasteiger partial charge in [0.2, 0.25) is 0 Å². The molecule has 2 heteroatoms. The van der Waals surface area contributed by atoms with E-state index in [1.807, 2.05) is 0 Å². The first kappa shape index (κ1) is 30.6. The zero-order valence-electron chi connectivity index (χ0n) is 30.4. The maximum absolute atomic E-state index is 2.62. The molecule has 1 spiro atoms. The van der Waals surface area contributed by atoms with Crippen molar-refractivity contribution in [2.75, 3.05) is 4.90 Å². The van der Waals surface area contributed by atoms with Crippen molar-refractivity contribution in [3.63, 3.8) is 0 Å². The number of benzene rings is 7. The molecule has 0 N–H and O–H groups in total. The highest BCUT2D eigenvalue weighted by atomic mass is 15.1. The number of rotatable bonds is 5. The predicted octanol–water partition coefficient (Wildman–Crippen LogP) is 13.6. The normalized spacial score (nSPS) is 23.3. The zero-order valence-corrected chi connectivity index (χ0v) is 30.4. The van der Waals surface area contributed by atoms with Crippen molar-refractivity contribution in [1.29, 1.82) is 0 Å². The van der Waals surface area contributed by atoms with Crippen LogP contribution in [0.25, 0.3) is 49.7 Å². The van der Waals surface area contributed by atoms with Crippen LogP contribution < -0.4 is 4.90 Å². The van der Waals surface area contributed by atoms with E-state index in [0.29, 0.717) is 0 Å². The van der Waals surface area contributed by atoms with Gasteiger partial charge in [0.15, 0.2) is 0 Å². The fourth-order valence-corrected chi connectivity index (χ4v) is 12.1. The van der Waals surface area contributed by atoms with E-state index in [-0.39, 0.29) is 5.41 Å². The van der Waals surface area contributed by atoms with Crippen molar-refractivity contribution in [3.05, 3.63) is 181 Å². The topological polar surface area (TPSA) is 8.17 Å². The third-order valence-electron chi connectivity index (χ3n) is 14.0. The van der Waals surface area contributed by atoms with Crippen LogP contribution in [0.4, 0.5) is 17.1 Å². The third kappa shape index (κ3) is 4.28. The Morgan fingerprint density at radius 2 is 1.00 bits per heavy atom. The predicted molar refractivity (Wildman–Crippen MR) is 224 cm³/mol. The molecule has 4 saturated carbocycles. The molecule has 0 unspecified atom stereocenters. The van der Waals surface area contributed by atoms with Crippen LogP contribution in [0.5, 0.6) is 0 Å². The van der Waals surface area contributed by atoms with Gasteiger partial charge in [0, 0.05) is 38.9 Å². The van der Waals surface area contributed by atoms with Gasteiger partial charge in [-0.25, -0.2) is 0 Å². The summed E-state index contributed by atoms with van der Waals surface area (Å²) in [6.07, 6.45) is 7.01. The Balaban J connectivity index is 1.04. The lowest BCUT2D eigenvalue weighted by atomic mass is 9.43. The van der Waals surface area contributed by atoms with Crippen molar-refractivity contribution in [2.45, 2.75) is 37.5 Å². The highest BCUT2D eigenvalue weighted by Crippen LogP contribution is 2.69. The molecule has 0 amide bonds. The summed E-state index contributed by atoms with van der Waals surface area (Å²) in [5, 5.41) is 2.57. The molecule has 8 aromatic rings. The first-order valence-corrected chi connectivity index (χ1v) is 20.0. The van der Waals surface area contributed by atoms with Gasteiger partial charge in [-0.3, -0.25) is 0 Å². The number of aromatic nitrogens is 1. The molecule has 5 aliphatic carbocycles. The third-order valence-corrected chi connectivity index (χ3v) is 14.0. The molecular weight excluding hydrogens is 653 g/mol. The second kappa shape index (κ2) is 11.6. The highest BCUT2D eigenvalue weighted by Gasteiger charge is 2.61. The monoisotopic (exact) mass is 694 g/mol. The van der Waals surface area contributed by atoms with Gasteiger partial charge in [0.05, 0.1) is 11.0 Å². The van der Waals surface area contributed by atoms with Crippen LogP contribution >= 0.6 is 0 Å². The van der Waals surface area contributed by atoms with Gasteiger partial charge in [-0.2, -0.15) is 0 Å². The van der Waals surface area contributed by atoms with E-state index < -0.39 is 0 Å². The van der Waals surface area contributed by atoms with E-state index in [4.69, 9.17) is 0 Å². The van der Waals surface area contributed by atoms with Crippen molar-refractivity contribution in [3.8, 4) is 27.9 Å². The number of para-hydroxylation sites is 2. The zero-order chi connectivity index (χ0) is 35.4. The Labute approximate surface area is 317 Å². The average Bonchev–Trinajstić information content (AvgIpc) is 3.71. The summed E-state index contributed by atoms with van der Waals surface area (Å²) < 4.78 is 2.41. The Morgan fingerprint density at radius 1 is 0.426 bits per heavy atom. The van der Waals surface area contributed by atoms with E-state index in [2.05, 4.69) is 179 Å². The Kier molecular flexibility index (Phi) is 6.55. The summed E-state index contributed by atoms with van der Waals surface area (Å²) in [6, 6.07) is 63.7. The minimum atomic E-state index is 0.118. The lowest BCUT2D eigenvalue weighted by molar-refractivity contribution is -0.0399. The van der Waals surface area contributed by atoms with Crippen LogP contribution in [0.15, 0.2) is 170 Å². The Hall–Kier alpha value is -5.86. The van der Waals surface area contributed by atoms with E-state index in [0.717, 1.165) is 23.7 Å². The van der Waals surface area contributed by atoms with E-state index in [9.17, 15) is 0 Å². The number of hydrogen-bond donors (Lipinski definition) is 0. The van der Waals surface area contributed by atoms with Gasteiger partial charge in [-0.1, -0.05) is 109 Å². The molecular formula is C52H42N2. The van der Waals surface area contributed by atoms with Crippen molar-refractivity contribution < 1.29 is 0 Å². The molecule has 0 saturated heterocycles. The molecule has 7 aromatic carbocycles. The SMILES string of the molecule is c1ccc(-c2cccc(N(c3ccc(-n4c5ccccc5c5ccccc54)cc3)c3ccc4c(c3)C3(c5ccccc5-4)C4CC5CC(C4)CC3C5)c2)cc1. The van der Waals surface area contributed by atoms with Gasteiger partial charge < -0.3 is 9.47 Å². The average molecular weight is 695 g/mol. The van der Waals surface area contributed by atoms with Gasteiger partial charge in [0.25, 0.3) is 0 Å². The van der Waals surface area contributed by atoms with Crippen molar-refractivity contribution in [2.24, 2.45) is 23.7 Å². The minimum Gasteiger partial charge on any atom is -0.310 e. The number of nitrogens with zero attached hydrogens (tertiary/aromatic N) is 2. The molecule has 0 radical (unpaired) electrons. The fourth-order valence-electron chi connectivity index (χ4n) is 12.1. The van der Waals surface area contributed by atoms with E-state index in [1.165, 1.54) is 98.9 Å². The Bertz CT molecular complexity index is 2650. The molecule has 0 aliphatic heterocycles. The van der Waals surface area contributed by atoms with Gasteiger partial charge in [0.1, 0.15) is 0 Å². The fraction of sp³-hybridized carbons (Fsp3) is 0.192. The van der Waals surface area contributed by atoms with E-state index >= 15 is 0 Å². The van der Waals surface area contributed by atoms with Gasteiger partial charge >= 0.3 is 0 Å². The van der Waals surface area contributed by atoms with Gasteiger partial charge in [-0.15, -0.1) is 0 Å². The molecule has 1 aromatic heterocycles. The first-order valence-electron chi connectivity index (χ1n) is 20.0. The molecule has 13 rings (SSSR count). The lowest BCUT2D eigenvalue weighted by Gasteiger charge is -2.61. The maximum atomic E-state index is 2.62. The van der Waals surface area contributed by atoms with Crippen LogP contribution in [0.3, 0.4) is 0 Å². The number of anilines is 3. The lowest BCUT2D eigenvalue weighted by Crippen LogP contribution is -2.55. The van der Waals surface area contributed by atoms with Crippen LogP contribution in [-0.4, -0.2) is 4.57 Å². The van der Waals surface area contributed by atoms with Crippen LogP contribution in [0.1, 0.15) is 43.2 Å². The van der Waals surface area contributed by atoms with Crippen LogP contribution in [0.2, 0.25) is 0 Å². The summed E-state index contributed by atoms with van der Waals surface area (Å²) in [7, 11) is 0. The molecule has 260 valence electrons. The molecule has 2 nitrogen and oxygen atoms in total. The molecule has 1 heterocycles. The van der Waals surface area contributed by atoms with E-state index in [1.54, 1.807) is 11.1 Å². The standard InChI is InChI=1S/C52H42N2/c1-2-11-36(12-3-1)37-13-10-14-42(32-37)53(40-21-23-41(24-22-40)54-50-19-8-5-16-46(50)47-17-6-9-20-51(47)54)43-25-26-45-44-15-4-7-18-48(44)52(49(45)33-43)38-28-34-27-35(30-38)31-39(52)29-34/h1-26,32-35,38-39H,27-31H2. The first-order chi connectivity index (χ1) is 26.7. The minimum absolute atomic E-state index is 0.118.